The first kappa shape index (κ1) is 24.3. The number of ether oxygens (including phenoxy) is 2. The largest absolute Gasteiger partial charge is 0.482 e. The Balaban J connectivity index is 1.32. The maximum absolute atomic E-state index is 13.2. The van der Waals surface area contributed by atoms with Crippen molar-refractivity contribution in [2.24, 2.45) is 0 Å². The van der Waals surface area contributed by atoms with Gasteiger partial charge in [0, 0.05) is 32.8 Å². The number of carbonyl (C=O) groups is 4. The van der Waals surface area contributed by atoms with Crippen LogP contribution in [-0.4, -0.2) is 73.4 Å². The number of carbonyl (C=O) groups excluding carboxylic acids is 4. The first-order valence-corrected chi connectivity index (χ1v) is 11.7. The first-order chi connectivity index (χ1) is 17.7. The minimum Gasteiger partial charge on any atom is -0.482 e. The number of nitrogens with zero attached hydrogens (tertiary/aromatic N) is 3. The zero-order valence-corrected chi connectivity index (χ0v) is 20.6. The summed E-state index contributed by atoms with van der Waals surface area (Å²) in [6.07, 6.45) is -0.0255. The lowest BCUT2D eigenvalue weighted by atomic mass is 9.96. The van der Waals surface area contributed by atoms with E-state index in [1.807, 2.05) is 18.2 Å². The highest BCUT2D eigenvalue weighted by molar-refractivity contribution is 6.08. The van der Waals surface area contributed by atoms with Crippen molar-refractivity contribution in [3.8, 4) is 16.9 Å². The number of benzene rings is 2. The number of amides is 4. The van der Waals surface area contributed by atoms with Crippen LogP contribution < -0.4 is 15.0 Å². The van der Waals surface area contributed by atoms with E-state index in [9.17, 15) is 19.2 Å². The molecule has 0 spiro atoms. The molecule has 3 aliphatic heterocycles. The van der Waals surface area contributed by atoms with E-state index in [4.69, 9.17) is 9.47 Å². The summed E-state index contributed by atoms with van der Waals surface area (Å²) in [5, 5.41) is 2.47. The van der Waals surface area contributed by atoms with Crippen LogP contribution >= 0.6 is 0 Å². The molecule has 0 aliphatic carbocycles. The van der Waals surface area contributed by atoms with Gasteiger partial charge in [-0.25, -0.2) is 0 Å². The highest BCUT2D eigenvalue weighted by Crippen LogP contribution is 2.39. The number of rotatable bonds is 6. The van der Waals surface area contributed by atoms with Crippen LogP contribution in [0.1, 0.15) is 15.9 Å². The lowest BCUT2D eigenvalue weighted by Gasteiger charge is -2.38. The molecule has 2 aromatic rings. The lowest BCUT2D eigenvalue weighted by Crippen LogP contribution is -2.56. The maximum Gasteiger partial charge on any atom is 0.271 e. The molecule has 0 atom stereocenters. The number of fused-ring (bicyclic) bond motifs is 2. The maximum atomic E-state index is 13.2. The molecule has 1 fully saturated rings. The number of hydrogen-bond donors (Lipinski definition) is 1. The number of hydrogen-bond acceptors (Lipinski definition) is 6. The Kier molecular flexibility index (Phi) is 6.04. The molecule has 10 nitrogen and oxygen atoms in total. The highest BCUT2D eigenvalue weighted by atomic mass is 16.5. The smallest absolute Gasteiger partial charge is 0.271 e. The number of nitrogens with one attached hydrogen (secondary N) is 1. The van der Waals surface area contributed by atoms with E-state index < -0.39 is 11.8 Å². The predicted molar refractivity (Wildman–Crippen MR) is 134 cm³/mol. The van der Waals surface area contributed by atoms with Gasteiger partial charge >= 0.3 is 0 Å². The second-order valence-corrected chi connectivity index (χ2v) is 9.09. The Morgan fingerprint density at radius 1 is 1.11 bits per heavy atom. The molecule has 1 N–H and O–H groups in total. The van der Waals surface area contributed by atoms with Gasteiger partial charge in [0.25, 0.3) is 23.6 Å². The zero-order chi connectivity index (χ0) is 26.4. The van der Waals surface area contributed by atoms with Gasteiger partial charge in [0.1, 0.15) is 11.4 Å². The van der Waals surface area contributed by atoms with Crippen molar-refractivity contribution in [2.75, 3.05) is 38.8 Å². The van der Waals surface area contributed by atoms with Crippen molar-refractivity contribution in [2.45, 2.75) is 12.6 Å². The minimum atomic E-state index is -0.681. The van der Waals surface area contributed by atoms with Crippen molar-refractivity contribution in [1.82, 2.24) is 15.1 Å². The Labute approximate surface area is 213 Å². The van der Waals surface area contributed by atoms with Crippen molar-refractivity contribution in [3.05, 3.63) is 72.1 Å². The molecule has 190 valence electrons. The highest BCUT2D eigenvalue weighted by Gasteiger charge is 2.35. The van der Waals surface area contributed by atoms with Gasteiger partial charge in [0.05, 0.1) is 24.0 Å². The third kappa shape index (κ3) is 4.15. The third-order valence-electron chi connectivity index (χ3n) is 6.90. The van der Waals surface area contributed by atoms with Crippen molar-refractivity contribution in [3.63, 3.8) is 0 Å². The number of likely N-dealkylation sites (tertiary alicyclic amines) is 1. The van der Waals surface area contributed by atoms with E-state index in [0.717, 1.165) is 16.7 Å². The van der Waals surface area contributed by atoms with E-state index in [1.165, 1.54) is 9.80 Å². The van der Waals surface area contributed by atoms with Gasteiger partial charge in [0.2, 0.25) is 0 Å². The van der Waals surface area contributed by atoms with E-state index in [0.29, 0.717) is 30.1 Å². The predicted octanol–water partition coefficient (Wildman–Crippen LogP) is 1.67. The molecule has 37 heavy (non-hydrogen) atoms. The average Bonchev–Trinajstić information content (AvgIpc) is 3.21. The van der Waals surface area contributed by atoms with E-state index in [2.05, 4.69) is 18.5 Å². The summed E-state index contributed by atoms with van der Waals surface area (Å²) in [5.74, 6) is -1.01. The van der Waals surface area contributed by atoms with Crippen LogP contribution in [0.3, 0.4) is 0 Å². The molecule has 0 saturated carbocycles. The Morgan fingerprint density at radius 2 is 1.84 bits per heavy atom. The van der Waals surface area contributed by atoms with Crippen molar-refractivity contribution >= 4 is 29.3 Å². The van der Waals surface area contributed by atoms with Gasteiger partial charge in [-0.15, -0.1) is 0 Å². The summed E-state index contributed by atoms with van der Waals surface area (Å²) in [5.41, 5.74) is 3.29. The zero-order valence-electron chi connectivity index (χ0n) is 20.6. The fourth-order valence-electron chi connectivity index (χ4n) is 4.60. The van der Waals surface area contributed by atoms with Gasteiger partial charge in [-0.1, -0.05) is 31.4 Å². The Hall–Kier alpha value is -4.44. The lowest BCUT2D eigenvalue weighted by molar-refractivity contribution is -0.139. The number of anilines is 1. The van der Waals surface area contributed by atoms with Crippen LogP contribution in [0, 0.1) is 0 Å². The van der Waals surface area contributed by atoms with Gasteiger partial charge in [-0.2, -0.15) is 0 Å². The van der Waals surface area contributed by atoms with Crippen LogP contribution in [0.25, 0.3) is 11.1 Å². The molecule has 0 aromatic heterocycles. The Morgan fingerprint density at radius 3 is 2.57 bits per heavy atom. The summed E-state index contributed by atoms with van der Waals surface area (Å²) in [7, 11) is 3.27. The van der Waals surface area contributed by atoms with Gasteiger partial charge in [-0.05, 0) is 34.9 Å². The summed E-state index contributed by atoms with van der Waals surface area (Å²) in [6, 6.07) is 10.9. The van der Waals surface area contributed by atoms with Gasteiger partial charge < -0.3 is 24.6 Å². The van der Waals surface area contributed by atoms with Gasteiger partial charge in [0.15, 0.2) is 6.61 Å². The molecule has 4 amide bonds. The van der Waals surface area contributed by atoms with Crippen LogP contribution in [0.4, 0.5) is 5.69 Å². The molecular formula is C27H26N4O6. The molecule has 0 radical (unpaired) electrons. The molecular weight excluding hydrogens is 476 g/mol. The molecule has 10 heteroatoms. The van der Waals surface area contributed by atoms with Crippen LogP contribution in [0.2, 0.25) is 0 Å². The summed E-state index contributed by atoms with van der Waals surface area (Å²) in [6.45, 7) is 8.42. The summed E-state index contributed by atoms with van der Waals surface area (Å²) in [4.78, 5) is 54.8. The number of methoxy groups -OCH3 is 1. The van der Waals surface area contributed by atoms with Crippen molar-refractivity contribution in [1.29, 1.82) is 0 Å². The molecule has 1 saturated heterocycles. The second kappa shape index (κ2) is 9.21. The normalized spacial score (nSPS) is 16.5. The second-order valence-electron chi connectivity index (χ2n) is 9.09. The molecule has 0 bridgehead atoms. The van der Waals surface area contributed by atoms with E-state index in [-0.39, 0.29) is 42.5 Å². The summed E-state index contributed by atoms with van der Waals surface area (Å²) >= 11 is 0. The monoisotopic (exact) mass is 502 g/mol. The molecule has 2 aromatic carbocycles. The topological polar surface area (TPSA) is 108 Å². The SMILES string of the molecule is C=C(NC(=O)C(=C)N1Cc2c(cccc2-c2ccc3c(c2)OCC(=O)N3C)C1=O)C(=O)N1CC(OC)C1. The molecule has 0 unspecified atom stereocenters. The number of likely N-dealkylation sites (N-methyl/N-ethyl adjacent to an activating group) is 1. The quantitative estimate of drug-likeness (QED) is 0.602. The Bertz CT molecular complexity index is 1380. The van der Waals surface area contributed by atoms with Crippen LogP contribution in [0.5, 0.6) is 5.75 Å². The average molecular weight is 503 g/mol. The van der Waals surface area contributed by atoms with Gasteiger partial charge in [-0.3, -0.25) is 24.1 Å². The minimum absolute atomic E-state index is 0.0255. The third-order valence-corrected chi connectivity index (χ3v) is 6.90. The molecule has 3 heterocycles. The van der Waals surface area contributed by atoms with Crippen LogP contribution in [0.15, 0.2) is 61.0 Å². The van der Waals surface area contributed by atoms with E-state index in [1.54, 1.807) is 37.3 Å². The van der Waals surface area contributed by atoms with E-state index >= 15 is 0 Å². The fourth-order valence-corrected chi connectivity index (χ4v) is 4.60. The van der Waals surface area contributed by atoms with Crippen LogP contribution in [-0.2, 0) is 25.7 Å². The molecule has 3 aliphatic rings. The molecule has 5 rings (SSSR count). The summed E-state index contributed by atoms with van der Waals surface area (Å²) < 4.78 is 10.8. The van der Waals surface area contributed by atoms with Crippen molar-refractivity contribution < 1.29 is 28.7 Å². The first-order valence-electron chi connectivity index (χ1n) is 11.7. The standard InChI is InChI=1S/C27H26N4O6/c1-15(26(34)30-11-18(12-30)36-4)28-25(33)16(2)31-13-21-19(6-5-7-20(21)27(31)35)17-8-9-22-23(10-17)37-14-24(32)29(22)3/h5-10,18H,1-2,11-14H2,3-4H3,(H,28,33). The fraction of sp³-hybridized carbons (Fsp3) is 0.259.